The van der Waals surface area contributed by atoms with Crippen LogP contribution in [0.25, 0.3) is 118 Å². The number of aromatic nitrogens is 5. The number of hydrogen-bond donors (Lipinski definition) is 0. The molecular formula is C63H40F3N5. The second-order valence-electron chi connectivity index (χ2n) is 17.3. The molecule has 0 unspecified atom stereocenters. The lowest BCUT2D eigenvalue weighted by Gasteiger charge is -2.22. The summed E-state index contributed by atoms with van der Waals surface area (Å²) in [6.07, 6.45) is -4.78. The van der Waals surface area contributed by atoms with Gasteiger partial charge < -0.3 is 4.57 Å². The molecule has 12 aromatic rings. The molecule has 0 amide bonds. The highest BCUT2D eigenvalue weighted by Gasteiger charge is 2.35. The van der Waals surface area contributed by atoms with Crippen LogP contribution in [-0.2, 0) is 6.18 Å². The maximum Gasteiger partial charge on any atom is 0.416 e. The van der Waals surface area contributed by atoms with Gasteiger partial charge in [-0.2, -0.15) is 13.2 Å². The summed E-state index contributed by atoms with van der Waals surface area (Å²) in [6.45, 7) is 0. The van der Waals surface area contributed by atoms with Gasteiger partial charge in [-0.1, -0.05) is 206 Å². The van der Waals surface area contributed by atoms with Crippen molar-refractivity contribution in [3.8, 4) is 95.7 Å². The summed E-state index contributed by atoms with van der Waals surface area (Å²) in [5.41, 5.74) is 10.2. The third kappa shape index (κ3) is 8.31. The zero-order valence-corrected chi connectivity index (χ0v) is 38.0. The van der Waals surface area contributed by atoms with Gasteiger partial charge in [0.15, 0.2) is 11.6 Å². The Hall–Kier alpha value is -9.27. The molecule has 3 heterocycles. The van der Waals surface area contributed by atoms with E-state index in [2.05, 4.69) is 65.2 Å². The van der Waals surface area contributed by atoms with E-state index >= 15 is 13.2 Å². The summed E-state index contributed by atoms with van der Waals surface area (Å²) in [6, 6.07) is 77.3. The zero-order chi connectivity index (χ0) is 47.9. The molecule has 0 atom stereocenters. The van der Waals surface area contributed by atoms with Crippen molar-refractivity contribution >= 4 is 21.8 Å². The number of fused-ring (bicyclic) bond motifs is 3. The molecule has 9 aromatic carbocycles. The first kappa shape index (κ1) is 43.0. The Balaban J connectivity index is 1.28. The highest BCUT2D eigenvalue weighted by atomic mass is 19.4. The molecule has 5 nitrogen and oxygen atoms in total. The SMILES string of the molecule is FC(F)(F)c1cc(-c2cc(-c3ccccc3)nc(-c3ccccc3)n2)c(-n2c3cc(-c4ccccc4)ccc3c3ccc(-c4ccccc4)cc32)c(-c2cc(-c3ccccc3)nc(-c3ccccc3)n2)c1. The van der Waals surface area contributed by atoms with E-state index in [1.165, 1.54) is 12.1 Å². The van der Waals surface area contributed by atoms with Crippen molar-refractivity contribution in [1.29, 1.82) is 0 Å². The predicted octanol–water partition coefficient (Wildman–Crippen LogP) is 16.7. The van der Waals surface area contributed by atoms with Crippen molar-refractivity contribution < 1.29 is 13.2 Å². The quantitative estimate of drug-likeness (QED) is 0.145. The third-order valence-electron chi connectivity index (χ3n) is 12.8. The standard InChI is InChI=1S/C63H40F3N5/c64-63(65,66)49-37-52(56-39-54(43-23-11-3-12-24-43)67-61(69-56)45-27-15-5-16-28-45)60(53(38-49)57-40-55(44-25-13-4-14-26-44)68-62(70-57)46-29-17-6-18-30-46)71-58-35-47(41-19-7-1-8-20-41)31-33-50(58)51-34-32-48(36-59(51)71)42-21-9-2-10-22-42/h1-40H. The van der Waals surface area contributed by atoms with Crippen molar-refractivity contribution in [2.45, 2.75) is 6.18 Å². The van der Waals surface area contributed by atoms with Gasteiger partial charge >= 0.3 is 6.18 Å². The Kier molecular flexibility index (Phi) is 10.9. The second-order valence-corrected chi connectivity index (χ2v) is 17.3. The fourth-order valence-corrected chi connectivity index (χ4v) is 9.43. The van der Waals surface area contributed by atoms with Gasteiger partial charge in [0.2, 0.25) is 0 Å². The molecule has 0 N–H and O–H groups in total. The molecule has 0 saturated heterocycles. The monoisotopic (exact) mass is 923 g/mol. The van der Waals surface area contributed by atoms with Crippen molar-refractivity contribution in [3.05, 3.63) is 248 Å². The summed E-state index contributed by atoms with van der Waals surface area (Å²) in [5.74, 6) is 0.734. The van der Waals surface area contributed by atoms with Crippen molar-refractivity contribution in [2.24, 2.45) is 0 Å². The fourth-order valence-electron chi connectivity index (χ4n) is 9.43. The summed E-state index contributed by atoms with van der Waals surface area (Å²) >= 11 is 0. The Bertz CT molecular complexity index is 3520. The molecule has 71 heavy (non-hydrogen) atoms. The van der Waals surface area contributed by atoms with Crippen LogP contribution in [0.3, 0.4) is 0 Å². The van der Waals surface area contributed by atoms with E-state index in [0.717, 1.165) is 55.2 Å². The molecule has 0 spiro atoms. The van der Waals surface area contributed by atoms with Gasteiger partial charge in [-0.25, -0.2) is 19.9 Å². The fraction of sp³-hybridized carbons (Fsp3) is 0.0159. The van der Waals surface area contributed by atoms with Gasteiger partial charge in [0, 0.05) is 44.2 Å². The average Bonchev–Trinajstić information content (AvgIpc) is 3.76. The lowest BCUT2D eigenvalue weighted by atomic mass is 9.95. The minimum Gasteiger partial charge on any atom is -0.308 e. The lowest BCUT2D eigenvalue weighted by molar-refractivity contribution is -0.137. The molecule has 0 aliphatic carbocycles. The minimum absolute atomic E-state index is 0.238. The van der Waals surface area contributed by atoms with Gasteiger partial charge in [0.1, 0.15) is 0 Å². The summed E-state index contributed by atoms with van der Waals surface area (Å²) in [7, 11) is 0. The van der Waals surface area contributed by atoms with Crippen LogP contribution in [0.4, 0.5) is 13.2 Å². The molecule has 0 aliphatic rings. The molecule has 0 radical (unpaired) electrons. The Morgan fingerprint density at radius 1 is 0.296 bits per heavy atom. The normalized spacial score (nSPS) is 11.6. The maximum atomic E-state index is 15.9. The number of rotatable bonds is 9. The van der Waals surface area contributed by atoms with E-state index < -0.39 is 11.7 Å². The number of halogens is 3. The van der Waals surface area contributed by atoms with Crippen molar-refractivity contribution in [2.75, 3.05) is 0 Å². The molecule has 0 aliphatic heterocycles. The molecular weight excluding hydrogens is 884 g/mol. The number of nitrogens with zero attached hydrogens (tertiary/aromatic N) is 5. The molecule has 0 saturated carbocycles. The highest BCUT2D eigenvalue weighted by molar-refractivity contribution is 6.12. The van der Waals surface area contributed by atoms with Gasteiger partial charge in [-0.15, -0.1) is 0 Å². The van der Waals surface area contributed by atoms with E-state index in [1.807, 2.05) is 158 Å². The van der Waals surface area contributed by atoms with Gasteiger partial charge in [-0.3, -0.25) is 0 Å². The van der Waals surface area contributed by atoms with E-state index in [1.54, 1.807) is 12.1 Å². The van der Waals surface area contributed by atoms with Crippen LogP contribution in [0.15, 0.2) is 243 Å². The summed E-state index contributed by atoms with van der Waals surface area (Å²) in [4.78, 5) is 20.6. The zero-order valence-electron chi connectivity index (χ0n) is 38.0. The largest absolute Gasteiger partial charge is 0.416 e. The third-order valence-corrected chi connectivity index (χ3v) is 12.8. The number of benzene rings is 9. The topological polar surface area (TPSA) is 56.5 Å². The summed E-state index contributed by atoms with van der Waals surface area (Å²) < 4.78 is 50.0. The van der Waals surface area contributed by atoms with Gasteiger partial charge in [0.25, 0.3) is 0 Å². The first-order valence-corrected chi connectivity index (χ1v) is 23.3. The molecule has 338 valence electrons. The van der Waals surface area contributed by atoms with Crippen molar-refractivity contribution in [3.63, 3.8) is 0 Å². The minimum atomic E-state index is -4.78. The van der Waals surface area contributed by atoms with Crippen LogP contribution >= 0.6 is 0 Å². The van der Waals surface area contributed by atoms with Crippen LogP contribution in [0, 0.1) is 0 Å². The van der Waals surface area contributed by atoms with Gasteiger partial charge in [-0.05, 0) is 58.7 Å². The van der Waals surface area contributed by atoms with Crippen LogP contribution in [-0.4, -0.2) is 24.5 Å². The van der Waals surface area contributed by atoms with Crippen molar-refractivity contribution in [1.82, 2.24) is 24.5 Å². The Morgan fingerprint density at radius 3 is 0.972 bits per heavy atom. The predicted molar refractivity (Wildman–Crippen MR) is 280 cm³/mol. The number of alkyl halides is 3. The van der Waals surface area contributed by atoms with E-state index in [9.17, 15) is 0 Å². The first-order valence-electron chi connectivity index (χ1n) is 23.3. The lowest BCUT2D eigenvalue weighted by Crippen LogP contribution is -2.10. The van der Waals surface area contributed by atoms with Crippen LogP contribution in [0.1, 0.15) is 5.56 Å². The van der Waals surface area contributed by atoms with E-state index in [0.29, 0.717) is 51.2 Å². The smallest absolute Gasteiger partial charge is 0.308 e. The molecule has 0 bridgehead atoms. The maximum absolute atomic E-state index is 15.9. The first-order chi connectivity index (χ1) is 34.8. The Morgan fingerprint density at radius 2 is 0.620 bits per heavy atom. The summed E-state index contributed by atoms with van der Waals surface area (Å²) in [5, 5.41) is 1.85. The number of hydrogen-bond acceptors (Lipinski definition) is 4. The molecule has 3 aromatic heterocycles. The molecule has 0 fully saturated rings. The molecule has 8 heteroatoms. The van der Waals surface area contributed by atoms with E-state index in [-0.39, 0.29) is 11.1 Å². The highest BCUT2D eigenvalue weighted by Crippen LogP contribution is 2.47. The van der Waals surface area contributed by atoms with Crippen LogP contribution in [0.5, 0.6) is 0 Å². The van der Waals surface area contributed by atoms with Crippen LogP contribution < -0.4 is 0 Å². The van der Waals surface area contributed by atoms with Crippen LogP contribution in [0.2, 0.25) is 0 Å². The second kappa shape index (κ2) is 18.0. The Labute approximate surface area is 407 Å². The molecule has 12 rings (SSSR count). The average molecular weight is 924 g/mol. The van der Waals surface area contributed by atoms with E-state index in [4.69, 9.17) is 19.9 Å². The van der Waals surface area contributed by atoms with Gasteiger partial charge in [0.05, 0.1) is 45.1 Å².